The molecule has 0 fully saturated rings. The predicted molar refractivity (Wildman–Crippen MR) is 70.3 cm³/mol. The number of halogens is 1. The maximum atomic E-state index is 3.45. The highest BCUT2D eigenvalue weighted by Crippen LogP contribution is 2.14. The van der Waals surface area contributed by atoms with Gasteiger partial charge >= 0.3 is 0 Å². The summed E-state index contributed by atoms with van der Waals surface area (Å²) in [5, 5.41) is 6.66. The van der Waals surface area contributed by atoms with Crippen LogP contribution < -0.4 is 10.6 Å². The van der Waals surface area contributed by atoms with E-state index in [4.69, 9.17) is 0 Å². The van der Waals surface area contributed by atoms with Gasteiger partial charge in [-0.25, -0.2) is 0 Å². The highest BCUT2D eigenvalue weighted by Gasteiger charge is 2.03. The Bertz CT molecular complexity index is 271. The van der Waals surface area contributed by atoms with Crippen LogP contribution in [0.4, 0.5) is 5.69 Å². The number of hydrogen-bond acceptors (Lipinski definition) is 2. The zero-order valence-corrected chi connectivity index (χ0v) is 11.0. The number of hydrogen-bond donors (Lipinski definition) is 2. The average molecular weight is 271 g/mol. The van der Waals surface area contributed by atoms with Crippen molar-refractivity contribution in [2.45, 2.75) is 13.3 Å². The molecule has 84 valence electrons. The third kappa shape index (κ3) is 4.67. The van der Waals surface area contributed by atoms with Crippen LogP contribution in [0.5, 0.6) is 0 Å². The summed E-state index contributed by atoms with van der Waals surface area (Å²) in [6, 6.07) is 8.30. The molecule has 1 aromatic rings. The molecule has 0 saturated carbocycles. The van der Waals surface area contributed by atoms with Crippen molar-refractivity contribution in [3.63, 3.8) is 0 Å². The van der Waals surface area contributed by atoms with Crippen LogP contribution in [0.3, 0.4) is 0 Å². The van der Waals surface area contributed by atoms with E-state index in [1.165, 1.54) is 12.1 Å². The van der Waals surface area contributed by atoms with E-state index in [9.17, 15) is 0 Å². The third-order valence-corrected chi connectivity index (χ3v) is 3.04. The Morgan fingerprint density at radius 3 is 2.40 bits per heavy atom. The Morgan fingerprint density at radius 2 is 1.87 bits per heavy atom. The second kappa shape index (κ2) is 6.85. The molecule has 3 heteroatoms. The van der Waals surface area contributed by atoms with E-state index in [0.29, 0.717) is 5.92 Å². The Labute approximate surface area is 101 Å². The lowest BCUT2D eigenvalue weighted by Crippen LogP contribution is -2.24. The molecule has 0 aliphatic carbocycles. The molecule has 15 heavy (non-hydrogen) atoms. The van der Waals surface area contributed by atoms with Crippen molar-refractivity contribution in [2.75, 3.05) is 25.5 Å². The first-order chi connectivity index (χ1) is 7.26. The van der Waals surface area contributed by atoms with Gasteiger partial charge < -0.3 is 10.6 Å². The van der Waals surface area contributed by atoms with Gasteiger partial charge in [-0.15, -0.1) is 0 Å². The van der Waals surface area contributed by atoms with E-state index in [1.54, 1.807) is 0 Å². The van der Waals surface area contributed by atoms with E-state index in [2.05, 4.69) is 57.8 Å². The molecule has 1 rings (SSSR count). The highest BCUT2D eigenvalue weighted by molar-refractivity contribution is 9.10. The standard InChI is InChI=1S/C12H19BrN2/c1-3-10(8-14-2)9-15-12-6-4-11(13)5-7-12/h4-7,10,14-15H,3,8-9H2,1-2H3. The minimum absolute atomic E-state index is 0.693. The summed E-state index contributed by atoms with van der Waals surface area (Å²) in [4.78, 5) is 0. The molecule has 1 aromatic carbocycles. The van der Waals surface area contributed by atoms with Crippen LogP contribution in [0.15, 0.2) is 28.7 Å². The average Bonchev–Trinajstić information content (AvgIpc) is 2.26. The molecule has 0 amide bonds. The maximum Gasteiger partial charge on any atom is 0.0341 e. The summed E-state index contributed by atoms with van der Waals surface area (Å²) >= 11 is 3.43. The molecule has 0 aromatic heterocycles. The zero-order chi connectivity index (χ0) is 11.1. The summed E-state index contributed by atoms with van der Waals surface area (Å²) in [7, 11) is 2.00. The van der Waals surface area contributed by atoms with Gasteiger partial charge in [-0.1, -0.05) is 29.3 Å². The molecule has 0 spiro atoms. The van der Waals surface area contributed by atoms with E-state index in [0.717, 1.165) is 17.6 Å². The first kappa shape index (κ1) is 12.5. The van der Waals surface area contributed by atoms with Crippen molar-refractivity contribution in [1.82, 2.24) is 5.32 Å². The molecule has 2 N–H and O–H groups in total. The Kier molecular flexibility index (Phi) is 5.73. The van der Waals surface area contributed by atoms with Crippen molar-refractivity contribution in [3.05, 3.63) is 28.7 Å². The monoisotopic (exact) mass is 270 g/mol. The lowest BCUT2D eigenvalue weighted by atomic mass is 10.1. The SMILES string of the molecule is CCC(CNC)CNc1ccc(Br)cc1. The van der Waals surface area contributed by atoms with Crippen LogP contribution in [-0.2, 0) is 0 Å². The molecule has 0 radical (unpaired) electrons. The summed E-state index contributed by atoms with van der Waals surface area (Å²) in [6.45, 7) is 4.32. The highest BCUT2D eigenvalue weighted by atomic mass is 79.9. The summed E-state index contributed by atoms with van der Waals surface area (Å²) in [5.41, 5.74) is 1.19. The quantitative estimate of drug-likeness (QED) is 0.830. The Morgan fingerprint density at radius 1 is 1.20 bits per heavy atom. The van der Waals surface area contributed by atoms with Gasteiger partial charge in [0.05, 0.1) is 0 Å². The van der Waals surface area contributed by atoms with Crippen LogP contribution in [0.1, 0.15) is 13.3 Å². The smallest absolute Gasteiger partial charge is 0.0341 e. The number of rotatable bonds is 6. The number of benzene rings is 1. The molecule has 1 unspecified atom stereocenters. The number of anilines is 1. The van der Waals surface area contributed by atoms with Gasteiger partial charge in [-0.2, -0.15) is 0 Å². The zero-order valence-electron chi connectivity index (χ0n) is 9.39. The molecule has 0 saturated heterocycles. The summed E-state index contributed by atoms with van der Waals surface area (Å²) in [5.74, 6) is 0.693. The normalized spacial score (nSPS) is 12.5. The lowest BCUT2D eigenvalue weighted by molar-refractivity contribution is 0.507. The molecule has 0 aliphatic heterocycles. The van der Waals surface area contributed by atoms with E-state index < -0.39 is 0 Å². The molecule has 0 heterocycles. The largest absolute Gasteiger partial charge is 0.385 e. The van der Waals surface area contributed by atoms with Gasteiger partial charge in [-0.3, -0.25) is 0 Å². The van der Waals surface area contributed by atoms with E-state index >= 15 is 0 Å². The topological polar surface area (TPSA) is 24.1 Å². The number of nitrogens with one attached hydrogen (secondary N) is 2. The fraction of sp³-hybridized carbons (Fsp3) is 0.500. The van der Waals surface area contributed by atoms with Crippen molar-refractivity contribution >= 4 is 21.6 Å². The second-order valence-electron chi connectivity index (χ2n) is 3.72. The first-order valence-electron chi connectivity index (χ1n) is 5.40. The van der Waals surface area contributed by atoms with Gasteiger partial charge in [-0.05, 0) is 43.8 Å². The molecular formula is C12H19BrN2. The van der Waals surface area contributed by atoms with E-state index in [-0.39, 0.29) is 0 Å². The van der Waals surface area contributed by atoms with Crippen molar-refractivity contribution in [2.24, 2.45) is 5.92 Å². The Hall–Kier alpha value is -0.540. The fourth-order valence-electron chi connectivity index (χ4n) is 1.48. The van der Waals surface area contributed by atoms with E-state index in [1.807, 2.05) is 7.05 Å². The van der Waals surface area contributed by atoms with Gasteiger partial charge in [0.1, 0.15) is 0 Å². The minimum Gasteiger partial charge on any atom is -0.385 e. The van der Waals surface area contributed by atoms with Crippen LogP contribution in [-0.4, -0.2) is 20.1 Å². The summed E-state index contributed by atoms with van der Waals surface area (Å²) in [6.07, 6.45) is 1.20. The van der Waals surface area contributed by atoms with Crippen LogP contribution >= 0.6 is 15.9 Å². The third-order valence-electron chi connectivity index (χ3n) is 2.51. The van der Waals surface area contributed by atoms with Crippen molar-refractivity contribution in [1.29, 1.82) is 0 Å². The molecule has 1 atom stereocenters. The fourth-order valence-corrected chi connectivity index (χ4v) is 1.74. The maximum absolute atomic E-state index is 3.45. The van der Waals surface area contributed by atoms with Gasteiger partial charge in [0, 0.05) is 16.7 Å². The van der Waals surface area contributed by atoms with Gasteiger partial charge in [0.15, 0.2) is 0 Å². The molecule has 0 bridgehead atoms. The van der Waals surface area contributed by atoms with Gasteiger partial charge in [0.25, 0.3) is 0 Å². The van der Waals surface area contributed by atoms with Crippen LogP contribution in [0, 0.1) is 5.92 Å². The molecule has 2 nitrogen and oxygen atoms in total. The Balaban J connectivity index is 2.38. The van der Waals surface area contributed by atoms with Crippen molar-refractivity contribution in [3.8, 4) is 0 Å². The van der Waals surface area contributed by atoms with Crippen LogP contribution in [0.25, 0.3) is 0 Å². The lowest BCUT2D eigenvalue weighted by Gasteiger charge is -2.15. The molecule has 0 aliphatic rings. The van der Waals surface area contributed by atoms with Gasteiger partial charge in [0.2, 0.25) is 0 Å². The predicted octanol–water partition coefficient (Wildman–Crippen LogP) is 3.11. The first-order valence-corrected chi connectivity index (χ1v) is 6.19. The van der Waals surface area contributed by atoms with Crippen molar-refractivity contribution < 1.29 is 0 Å². The minimum atomic E-state index is 0.693. The second-order valence-corrected chi connectivity index (χ2v) is 4.64. The molecular weight excluding hydrogens is 252 g/mol. The summed E-state index contributed by atoms with van der Waals surface area (Å²) < 4.78 is 1.12. The van der Waals surface area contributed by atoms with Crippen LogP contribution in [0.2, 0.25) is 0 Å².